The van der Waals surface area contributed by atoms with E-state index in [0.717, 1.165) is 5.92 Å². The summed E-state index contributed by atoms with van der Waals surface area (Å²) in [5, 5.41) is 0. The molecule has 0 bridgehead atoms. The van der Waals surface area contributed by atoms with Crippen LogP contribution in [0, 0.1) is 11.8 Å². The Hall–Kier alpha value is 1.10. The van der Waals surface area contributed by atoms with E-state index in [1.54, 1.807) is 5.92 Å². The molecule has 0 aliphatic heterocycles. The van der Waals surface area contributed by atoms with Crippen molar-refractivity contribution in [3.8, 4) is 0 Å². The maximum absolute atomic E-state index is 2.23. The molecule has 0 atom stereocenters. The Morgan fingerprint density at radius 3 is 1.75 bits per heavy atom. The van der Waals surface area contributed by atoms with E-state index in [9.17, 15) is 0 Å². The van der Waals surface area contributed by atoms with E-state index in [-0.39, 0.29) is 32.7 Å². The predicted molar refractivity (Wildman–Crippen MR) is 34.0 cm³/mol. The molecule has 0 nitrogen and oxygen atoms in total. The summed E-state index contributed by atoms with van der Waals surface area (Å²) < 4.78 is 0. The van der Waals surface area contributed by atoms with Crippen LogP contribution in [0.1, 0.15) is 34.1 Å². The molecule has 1 radical (unpaired) electrons. The van der Waals surface area contributed by atoms with Gasteiger partial charge in [-0.1, -0.05) is 20.8 Å². The first-order valence-corrected chi connectivity index (χ1v) is 3.00. The van der Waals surface area contributed by atoms with Crippen molar-refractivity contribution >= 4 is 0 Å². The summed E-state index contributed by atoms with van der Waals surface area (Å²) in [6.07, 6.45) is 1.23. The molecule has 0 heterocycles. The smallest absolute Gasteiger partial charge is 0 e. The normalized spacial score (nSPS) is 9.75. The minimum Gasteiger partial charge on any atom is -0.314 e. The van der Waals surface area contributed by atoms with Gasteiger partial charge in [-0.05, 0) is 0 Å². The standard InChI is InChI=1S/C7H15.Y/c1-5-7(4)6(2)3;/h6H,5H2,1-4H3;/q-1;. The third-order valence-corrected chi connectivity index (χ3v) is 1.54. The average Bonchev–Trinajstić information content (AvgIpc) is 1.65. The molecule has 0 fully saturated rings. The van der Waals surface area contributed by atoms with Gasteiger partial charge in [-0.15, -0.1) is 0 Å². The Balaban J connectivity index is 0. The van der Waals surface area contributed by atoms with Gasteiger partial charge in [-0.3, -0.25) is 0 Å². The Kier molecular flexibility index (Phi) is 9.22. The van der Waals surface area contributed by atoms with Crippen LogP contribution in [0.25, 0.3) is 0 Å². The van der Waals surface area contributed by atoms with Crippen molar-refractivity contribution in [1.29, 1.82) is 0 Å². The van der Waals surface area contributed by atoms with E-state index < -0.39 is 0 Å². The van der Waals surface area contributed by atoms with Crippen molar-refractivity contribution in [2.45, 2.75) is 34.1 Å². The molecule has 0 saturated carbocycles. The minimum absolute atomic E-state index is 0. The summed E-state index contributed by atoms with van der Waals surface area (Å²) in [4.78, 5) is 0. The van der Waals surface area contributed by atoms with E-state index in [0.29, 0.717) is 0 Å². The molecule has 0 unspecified atom stereocenters. The summed E-state index contributed by atoms with van der Waals surface area (Å²) in [6.45, 7) is 8.89. The molecule has 0 aromatic carbocycles. The molecule has 0 N–H and O–H groups in total. The molecule has 0 saturated heterocycles. The van der Waals surface area contributed by atoms with Crippen LogP contribution in [0.5, 0.6) is 0 Å². The van der Waals surface area contributed by atoms with Crippen LogP contribution < -0.4 is 0 Å². The van der Waals surface area contributed by atoms with Gasteiger partial charge in [-0.2, -0.15) is 19.3 Å². The molecular weight excluding hydrogens is 173 g/mol. The summed E-state index contributed by atoms with van der Waals surface area (Å²) in [5.74, 6) is 2.38. The van der Waals surface area contributed by atoms with Crippen LogP contribution in [-0.4, -0.2) is 0 Å². The first-order valence-electron chi connectivity index (χ1n) is 3.00. The molecule has 0 rings (SSSR count). The van der Waals surface area contributed by atoms with Gasteiger partial charge in [-0.25, -0.2) is 0 Å². The Morgan fingerprint density at radius 1 is 1.38 bits per heavy atom. The summed E-state index contributed by atoms with van der Waals surface area (Å²) >= 11 is 0. The van der Waals surface area contributed by atoms with Crippen LogP contribution in [0.4, 0.5) is 0 Å². The van der Waals surface area contributed by atoms with Gasteiger partial charge >= 0.3 is 0 Å². The van der Waals surface area contributed by atoms with Crippen molar-refractivity contribution < 1.29 is 32.7 Å². The Morgan fingerprint density at radius 2 is 1.75 bits per heavy atom. The zero-order valence-corrected chi connectivity index (χ0v) is 9.20. The fourth-order valence-corrected chi connectivity index (χ4v) is 0.408. The zero-order valence-electron chi connectivity index (χ0n) is 6.36. The van der Waals surface area contributed by atoms with E-state index in [1.165, 1.54) is 6.42 Å². The van der Waals surface area contributed by atoms with Gasteiger partial charge in [0.1, 0.15) is 0 Å². The molecule has 8 heavy (non-hydrogen) atoms. The second kappa shape index (κ2) is 6.23. The second-order valence-electron chi connectivity index (χ2n) is 2.35. The van der Waals surface area contributed by atoms with Crippen molar-refractivity contribution in [1.82, 2.24) is 0 Å². The quantitative estimate of drug-likeness (QED) is 0.584. The third-order valence-electron chi connectivity index (χ3n) is 1.54. The predicted octanol–water partition coefficient (Wildman–Crippen LogP) is 2.64. The molecule has 0 aromatic rings. The maximum atomic E-state index is 2.23. The monoisotopic (exact) mass is 188 g/mol. The van der Waals surface area contributed by atoms with Gasteiger partial charge < -0.3 is 5.92 Å². The molecule has 0 aliphatic rings. The van der Waals surface area contributed by atoms with Gasteiger partial charge in [0.2, 0.25) is 0 Å². The van der Waals surface area contributed by atoms with Crippen LogP contribution in [0.15, 0.2) is 0 Å². The first-order chi connectivity index (χ1) is 3.18. The van der Waals surface area contributed by atoms with E-state index in [1.807, 2.05) is 0 Å². The summed E-state index contributed by atoms with van der Waals surface area (Å²) in [6, 6.07) is 0. The number of hydrogen-bond donors (Lipinski definition) is 0. The molecular formula is C7H15Y-. The molecule has 0 aromatic heterocycles. The van der Waals surface area contributed by atoms with Crippen molar-refractivity contribution in [2.24, 2.45) is 5.92 Å². The zero-order chi connectivity index (χ0) is 5.86. The molecule has 0 aliphatic carbocycles. The topological polar surface area (TPSA) is 0 Å². The number of rotatable bonds is 2. The van der Waals surface area contributed by atoms with Gasteiger partial charge in [0.05, 0.1) is 0 Å². The van der Waals surface area contributed by atoms with Gasteiger partial charge in [0.25, 0.3) is 0 Å². The Bertz CT molecular complexity index is 41.7. The minimum atomic E-state index is 0. The largest absolute Gasteiger partial charge is 0.314 e. The van der Waals surface area contributed by atoms with E-state index in [4.69, 9.17) is 0 Å². The maximum Gasteiger partial charge on any atom is 0 e. The van der Waals surface area contributed by atoms with Crippen molar-refractivity contribution in [3.63, 3.8) is 0 Å². The number of hydrogen-bond acceptors (Lipinski definition) is 0. The van der Waals surface area contributed by atoms with E-state index in [2.05, 4.69) is 27.7 Å². The van der Waals surface area contributed by atoms with Crippen LogP contribution in [0.3, 0.4) is 0 Å². The Labute approximate surface area is 78.3 Å². The first kappa shape index (κ1) is 11.8. The molecule has 47 valence electrons. The van der Waals surface area contributed by atoms with Crippen molar-refractivity contribution in [2.75, 3.05) is 0 Å². The molecule has 0 amide bonds. The molecule has 0 spiro atoms. The third kappa shape index (κ3) is 5.24. The van der Waals surface area contributed by atoms with Crippen molar-refractivity contribution in [3.05, 3.63) is 5.92 Å². The van der Waals surface area contributed by atoms with Crippen LogP contribution in [0.2, 0.25) is 0 Å². The fourth-order valence-electron chi connectivity index (χ4n) is 0.408. The fraction of sp³-hybridized carbons (Fsp3) is 0.857. The van der Waals surface area contributed by atoms with Crippen LogP contribution >= 0.6 is 0 Å². The van der Waals surface area contributed by atoms with Gasteiger partial charge in [0.15, 0.2) is 0 Å². The van der Waals surface area contributed by atoms with Gasteiger partial charge in [0, 0.05) is 32.7 Å². The summed E-state index contributed by atoms with van der Waals surface area (Å²) in [5.41, 5.74) is 0. The summed E-state index contributed by atoms with van der Waals surface area (Å²) in [7, 11) is 0. The van der Waals surface area contributed by atoms with Crippen LogP contribution in [-0.2, 0) is 32.7 Å². The molecule has 1 heteroatoms. The van der Waals surface area contributed by atoms with E-state index >= 15 is 0 Å². The SMILES string of the molecule is CC[C-](C)C(C)C.[Y]. The average molecular weight is 188 g/mol. The second-order valence-corrected chi connectivity index (χ2v) is 2.35.